The number of aromatic nitrogens is 2. The Kier molecular flexibility index (Phi) is 5.18. The van der Waals surface area contributed by atoms with E-state index in [-0.39, 0.29) is 17.7 Å². The lowest BCUT2D eigenvalue weighted by Gasteiger charge is -2.10. The number of carbonyl (C=O) groups is 2. The summed E-state index contributed by atoms with van der Waals surface area (Å²) in [6.07, 6.45) is 2.30. The molecule has 2 aromatic heterocycles. The first-order valence-corrected chi connectivity index (χ1v) is 8.73. The van der Waals surface area contributed by atoms with E-state index in [1.165, 1.54) is 28.3 Å². The first-order valence-electron chi connectivity index (χ1n) is 8.73. The first kappa shape index (κ1) is 19.8. The van der Waals surface area contributed by atoms with Gasteiger partial charge >= 0.3 is 0 Å². The quantitative estimate of drug-likeness (QED) is 0.496. The number of ketones is 1. The predicted molar refractivity (Wildman–Crippen MR) is 109 cm³/mol. The Bertz CT molecular complexity index is 1300. The molecule has 3 N–H and O–H groups in total. The van der Waals surface area contributed by atoms with Crippen LogP contribution in [-0.4, -0.2) is 25.9 Å². The van der Waals surface area contributed by atoms with Crippen LogP contribution in [-0.2, 0) is 18.4 Å². The molecule has 0 aliphatic rings. The lowest BCUT2D eigenvalue weighted by atomic mass is 10.1. The number of benzene rings is 1. The zero-order chi connectivity index (χ0) is 21.3. The molecule has 1 amide bonds. The molecule has 148 valence electrons. The first-order chi connectivity index (χ1) is 13.7. The van der Waals surface area contributed by atoms with Gasteiger partial charge in [0.25, 0.3) is 11.1 Å². The molecule has 29 heavy (non-hydrogen) atoms. The molecule has 0 spiro atoms. The van der Waals surface area contributed by atoms with Crippen LogP contribution in [0.15, 0.2) is 52.1 Å². The van der Waals surface area contributed by atoms with Crippen LogP contribution >= 0.6 is 0 Å². The number of rotatable bonds is 5. The monoisotopic (exact) mass is 393 g/mol. The van der Waals surface area contributed by atoms with Crippen molar-refractivity contribution in [2.24, 2.45) is 12.8 Å². The number of aryl methyl sites for hydroxylation is 1. The van der Waals surface area contributed by atoms with Gasteiger partial charge in [-0.3, -0.25) is 23.7 Å². The highest BCUT2D eigenvalue weighted by Crippen LogP contribution is 2.17. The normalized spacial score (nSPS) is 11.2. The zero-order valence-electron chi connectivity index (χ0n) is 15.9. The van der Waals surface area contributed by atoms with Crippen molar-refractivity contribution in [3.8, 4) is 5.75 Å². The van der Waals surface area contributed by atoms with Gasteiger partial charge in [-0.15, -0.1) is 0 Å². The molecule has 0 unspecified atom stereocenters. The number of carbonyl (C=O) groups excluding carboxylic acids is 2. The number of para-hydroxylation sites is 1. The van der Waals surface area contributed by atoms with Crippen molar-refractivity contribution in [2.45, 2.75) is 13.5 Å². The summed E-state index contributed by atoms with van der Waals surface area (Å²) in [4.78, 5) is 49.0. The third-order valence-corrected chi connectivity index (χ3v) is 4.65. The molecule has 0 atom stereocenters. The van der Waals surface area contributed by atoms with Crippen LogP contribution in [0.25, 0.3) is 17.0 Å². The van der Waals surface area contributed by atoms with Crippen LogP contribution in [0.2, 0.25) is 0 Å². The Balaban J connectivity index is 2.10. The Labute approximate surface area is 165 Å². The molecule has 1 aromatic carbocycles. The Morgan fingerprint density at radius 2 is 1.83 bits per heavy atom. The van der Waals surface area contributed by atoms with Crippen molar-refractivity contribution in [1.29, 1.82) is 0 Å². The summed E-state index contributed by atoms with van der Waals surface area (Å²) in [5.41, 5.74) is 4.90. The van der Waals surface area contributed by atoms with Gasteiger partial charge in [0.2, 0.25) is 5.91 Å². The third kappa shape index (κ3) is 3.73. The van der Waals surface area contributed by atoms with Gasteiger partial charge in [-0.25, -0.2) is 0 Å². The van der Waals surface area contributed by atoms with Crippen molar-refractivity contribution < 1.29 is 14.7 Å². The molecule has 0 bridgehead atoms. The van der Waals surface area contributed by atoms with Gasteiger partial charge in [-0.2, -0.15) is 0 Å². The maximum absolute atomic E-state index is 12.8. The molecule has 0 aliphatic carbocycles. The van der Waals surface area contributed by atoms with Crippen molar-refractivity contribution in [3.63, 3.8) is 0 Å². The number of allylic oxidation sites excluding steroid dienone is 1. The topological polar surface area (TPSA) is 124 Å². The van der Waals surface area contributed by atoms with Crippen molar-refractivity contribution in [1.82, 2.24) is 9.13 Å². The molecule has 8 nitrogen and oxygen atoms in total. The largest absolute Gasteiger partial charge is 0.507 e. The highest BCUT2D eigenvalue weighted by atomic mass is 16.3. The fourth-order valence-corrected chi connectivity index (χ4v) is 3.07. The summed E-state index contributed by atoms with van der Waals surface area (Å²) < 4.78 is 2.47. The van der Waals surface area contributed by atoms with Gasteiger partial charge < -0.3 is 15.4 Å². The average molecular weight is 393 g/mol. The van der Waals surface area contributed by atoms with E-state index in [9.17, 15) is 24.3 Å². The van der Waals surface area contributed by atoms with Gasteiger partial charge in [-0.05, 0) is 36.6 Å². The van der Waals surface area contributed by atoms with E-state index < -0.39 is 28.6 Å². The minimum Gasteiger partial charge on any atom is -0.507 e. The highest BCUT2D eigenvalue weighted by Gasteiger charge is 2.17. The summed E-state index contributed by atoms with van der Waals surface area (Å²) in [6.45, 7) is 1.32. The van der Waals surface area contributed by atoms with Crippen LogP contribution in [0, 0.1) is 6.92 Å². The molecule has 8 heteroatoms. The van der Waals surface area contributed by atoms with Gasteiger partial charge in [0, 0.05) is 24.4 Å². The Hall–Kier alpha value is -3.94. The highest BCUT2D eigenvalue weighted by molar-refractivity contribution is 6.08. The van der Waals surface area contributed by atoms with E-state index in [0.717, 1.165) is 6.08 Å². The number of primary amides is 1. The molecular formula is C21H19N3O5. The SMILES string of the molecule is Cc1cc(O)c(C(=O)/C=C/c2cc3ccccc3n(CC(N)=O)c2=O)c(=O)n1C. The fourth-order valence-electron chi connectivity index (χ4n) is 3.07. The summed E-state index contributed by atoms with van der Waals surface area (Å²) >= 11 is 0. The molecule has 0 saturated heterocycles. The molecule has 3 aromatic rings. The lowest BCUT2D eigenvalue weighted by molar-refractivity contribution is -0.118. The second kappa shape index (κ2) is 7.59. The Morgan fingerprint density at radius 3 is 2.52 bits per heavy atom. The molecule has 0 fully saturated rings. The number of hydrogen-bond acceptors (Lipinski definition) is 5. The van der Waals surface area contributed by atoms with E-state index in [1.807, 2.05) is 0 Å². The fraction of sp³-hybridized carbons (Fsp3) is 0.143. The number of nitrogens with two attached hydrogens (primary N) is 1. The zero-order valence-corrected chi connectivity index (χ0v) is 15.9. The van der Waals surface area contributed by atoms with Crippen LogP contribution < -0.4 is 16.9 Å². The number of hydrogen-bond donors (Lipinski definition) is 2. The third-order valence-electron chi connectivity index (χ3n) is 4.65. The number of pyridine rings is 2. The van der Waals surface area contributed by atoms with Crippen LogP contribution in [0.3, 0.4) is 0 Å². The van der Waals surface area contributed by atoms with Gasteiger partial charge in [-0.1, -0.05) is 18.2 Å². The standard InChI is InChI=1S/C21H19N3O5/c1-12-9-17(26)19(21(29)23(12)2)16(25)8-7-14-10-13-5-3-4-6-15(13)24(20(14)28)11-18(22)27/h3-10,26H,11H2,1-2H3,(H2,22,27)/b8-7+. The number of aromatic hydroxyl groups is 1. The van der Waals surface area contributed by atoms with E-state index in [4.69, 9.17) is 5.73 Å². The maximum atomic E-state index is 12.8. The van der Waals surface area contributed by atoms with Crippen LogP contribution in [0.4, 0.5) is 0 Å². The van der Waals surface area contributed by atoms with E-state index in [2.05, 4.69) is 0 Å². The number of nitrogens with zero attached hydrogens (tertiary/aromatic N) is 2. The van der Waals surface area contributed by atoms with Crippen molar-refractivity contribution >= 4 is 28.7 Å². The molecular weight excluding hydrogens is 374 g/mol. The van der Waals surface area contributed by atoms with Gasteiger partial charge in [0.15, 0.2) is 5.78 Å². The maximum Gasteiger partial charge on any atom is 0.265 e. The second-order valence-corrected chi connectivity index (χ2v) is 6.62. The van der Waals surface area contributed by atoms with Crippen LogP contribution in [0.1, 0.15) is 21.6 Å². The summed E-state index contributed by atoms with van der Waals surface area (Å²) in [5, 5.41) is 10.7. The molecule has 3 rings (SSSR count). The second-order valence-electron chi connectivity index (χ2n) is 6.62. The number of fused-ring (bicyclic) bond motifs is 1. The van der Waals surface area contributed by atoms with Crippen molar-refractivity contribution in [2.75, 3.05) is 0 Å². The van der Waals surface area contributed by atoms with E-state index >= 15 is 0 Å². The molecule has 2 heterocycles. The van der Waals surface area contributed by atoms with Gasteiger partial charge in [0.1, 0.15) is 17.9 Å². The molecule has 0 radical (unpaired) electrons. The summed E-state index contributed by atoms with van der Waals surface area (Å²) in [5.74, 6) is -1.84. The van der Waals surface area contributed by atoms with Crippen molar-refractivity contribution in [3.05, 3.63) is 80.0 Å². The predicted octanol–water partition coefficient (Wildman–Crippen LogP) is 1.10. The minimum atomic E-state index is -0.739. The summed E-state index contributed by atoms with van der Waals surface area (Å²) in [7, 11) is 1.49. The van der Waals surface area contributed by atoms with Crippen LogP contribution in [0.5, 0.6) is 5.75 Å². The van der Waals surface area contributed by atoms with E-state index in [0.29, 0.717) is 16.6 Å². The van der Waals surface area contributed by atoms with E-state index in [1.54, 1.807) is 37.3 Å². The smallest absolute Gasteiger partial charge is 0.265 e. The van der Waals surface area contributed by atoms with Gasteiger partial charge in [0.05, 0.1) is 5.52 Å². The lowest BCUT2D eigenvalue weighted by Crippen LogP contribution is -2.29. The average Bonchev–Trinajstić information content (AvgIpc) is 2.67. The Morgan fingerprint density at radius 1 is 1.14 bits per heavy atom. The molecule has 0 saturated carbocycles. The summed E-state index contributed by atoms with van der Waals surface area (Å²) in [6, 6.07) is 9.84. The number of amides is 1. The molecule has 0 aliphatic heterocycles. The minimum absolute atomic E-state index is 0.140.